The molecule has 0 radical (unpaired) electrons. The molecule has 9 nitrogen and oxygen atoms in total. The molecule has 11 heteroatoms. The lowest BCUT2D eigenvalue weighted by molar-refractivity contribution is -0.116. The Hall–Kier alpha value is -3.18. The molecule has 2 atom stereocenters. The fourth-order valence-electron chi connectivity index (χ4n) is 7.74. The number of hydrogen-bond donors (Lipinski definition) is 2. The summed E-state index contributed by atoms with van der Waals surface area (Å²) in [5.41, 5.74) is 4.99. The number of nitrogens with zero attached hydrogens (tertiary/aromatic N) is 3. The Balaban J connectivity index is 1.21. The van der Waals surface area contributed by atoms with Crippen molar-refractivity contribution in [1.29, 1.82) is 0 Å². The summed E-state index contributed by atoms with van der Waals surface area (Å²) in [4.78, 5) is 12.2. The molecule has 2 aliphatic carbocycles. The number of aromatic nitrogens is 2. The molecule has 7 rings (SSSR count). The van der Waals surface area contributed by atoms with Crippen molar-refractivity contribution in [1.82, 2.24) is 14.9 Å². The number of anilines is 4. The van der Waals surface area contributed by atoms with Crippen molar-refractivity contribution in [3.63, 3.8) is 0 Å². The number of rotatable bonds is 12. The third-order valence-electron chi connectivity index (χ3n) is 11.0. The van der Waals surface area contributed by atoms with Gasteiger partial charge in [-0.25, -0.2) is 13.4 Å². The maximum absolute atomic E-state index is 13.1. The number of benzene rings is 2. The lowest BCUT2D eigenvalue weighted by atomic mass is 9.69. The van der Waals surface area contributed by atoms with Gasteiger partial charge in [-0.15, -0.1) is 0 Å². The number of hydrogen-bond acceptors (Lipinski definition) is 9. The molecule has 2 aliphatic heterocycles. The van der Waals surface area contributed by atoms with Gasteiger partial charge in [-0.05, 0) is 120 Å². The van der Waals surface area contributed by atoms with E-state index in [1.807, 2.05) is 13.8 Å². The van der Waals surface area contributed by atoms with Gasteiger partial charge in [-0.3, -0.25) is 4.90 Å². The minimum atomic E-state index is -3.55. The molecule has 1 aromatic heterocycles. The van der Waals surface area contributed by atoms with Gasteiger partial charge < -0.3 is 20.1 Å². The van der Waals surface area contributed by atoms with Crippen LogP contribution in [0.5, 0.6) is 5.75 Å². The van der Waals surface area contributed by atoms with E-state index in [1.165, 1.54) is 55.9 Å². The van der Waals surface area contributed by atoms with Crippen LogP contribution < -0.4 is 15.4 Å². The zero-order valence-corrected chi connectivity index (χ0v) is 31.4. The maximum Gasteiger partial charge on any atom is 0.229 e. The van der Waals surface area contributed by atoms with E-state index < -0.39 is 15.1 Å². The van der Waals surface area contributed by atoms with Crippen LogP contribution in [0.4, 0.5) is 23.1 Å². The summed E-state index contributed by atoms with van der Waals surface area (Å²) >= 11 is 6.54. The predicted octanol–water partition coefficient (Wildman–Crippen LogP) is 8.72. The largest absolute Gasteiger partial charge is 0.489 e. The fraction of sp³-hybridized carbons (Fsp3) is 0.538. The Bertz CT molecular complexity index is 1850. The van der Waals surface area contributed by atoms with Crippen molar-refractivity contribution in [2.75, 3.05) is 23.8 Å². The van der Waals surface area contributed by atoms with Crippen LogP contribution in [-0.4, -0.2) is 66.0 Å². The van der Waals surface area contributed by atoms with Gasteiger partial charge in [0.25, 0.3) is 0 Å². The lowest BCUT2D eigenvalue weighted by Gasteiger charge is -2.55. The van der Waals surface area contributed by atoms with E-state index in [2.05, 4.69) is 50.6 Å². The minimum Gasteiger partial charge on any atom is -0.489 e. The number of nitrogens with one attached hydrogen (secondary N) is 2. The first-order valence-electron chi connectivity index (χ1n) is 18.3. The van der Waals surface area contributed by atoms with Gasteiger partial charge in [-0.1, -0.05) is 42.7 Å². The molecule has 50 heavy (non-hydrogen) atoms. The topological polar surface area (TPSA) is 106 Å². The van der Waals surface area contributed by atoms with Crippen molar-refractivity contribution >= 4 is 50.2 Å². The molecule has 0 bridgehead atoms. The van der Waals surface area contributed by atoms with Gasteiger partial charge in [0.1, 0.15) is 10.8 Å². The smallest absolute Gasteiger partial charge is 0.229 e. The molecule has 3 heterocycles. The van der Waals surface area contributed by atoms with Crippen molar-refractivity contribution in [2.24, 2.45) is 11.8 Å². The summed E-state index contributed by atoms with van der Waals surface area (Å²) in [7, 11) is -3.55. The second-order valence-electron chi connectivity index (χ2n) is 15.0. The van der Waals surface area contributed by atoms with Gasteiger partial charge in [0.2, 0.25) is 5.95 Å². The van der Waals surface area contributed by atoms with Crippen LogP contribution in [0.2, 0.25) is 5.02 Å². The van der Waals surface area contributed by atoms with Gasteiger partial charge in [0, 0.05) is 12.1 Å². The highest BCUT2D eigenvalue weighted by Gasteiger charge is 2.46. The SMILES string of the molecule is Cc1cc(Nc2ncc(Cl)c(Nc3ccccc3S(=O)(=O)C(C)C)n2)c(OC(C)C)cc1C1=C[C@H](C2CCC2)N(C2COC2)[C@@H](C2CCC2)C1. The first kappa shape index (κ1) is 35.2. The first-order chi connectivity index (χ1) is 24.0. The van der Waals surface area contributed by atoms with Crippen molar-refractivity contribution in [3.05, 3.63) is 64.8 Å². The summed E-state index contributed by atoms with van der Waals surface area (Å²) < 4.78 is 38.4. The minimum absolute atomic E-state index is 0.0474. The standard InChI is InChI=1S/C39H50ClN5O4S/c1-23(2)49-36-19-30(28-17-34(26-10-8-11-26)45(29-21-48-22-29)35(18-28)27-12-9-13-27)25(5)16-33(36)43-39-41-20-31(40)38(44-39)42-32-14-6-7-15-37(32)50(46,47)24(3)4/h6-7,14-17,19-20,23-24,26-27,29,34-35H,8-13,18,21-22H2,1-5H3,(H2,41,42,43,44)/t34-,35-/m1/s1. The van der Waals surface area contributed by atoms with E-state index in [9.17, 15) is 8.42 Å². The van der Waals surface area contributed by atoms with Crippen LogP contribution in [-0.2, 0) is 14.6 Å². The number of para-hydroxylation sites is 1. The number of aryl methyl sites for hydroxylation is 1. The van der Waals surface area contributed by atoms with Crippen LogP contribution in [0, 0.1) is 18.8 Å². The van der Waals surface area contributed by atoms with Crippen molar-refractivity contribution < 1.29 is 17.9 Å². The predicted molar refractivity (Wildman–Crippen MR) is 201 cm³/mol. The number of sulfone groups is 1. The Morgan fingerprint density at radius 1 is 0.980 bits per heavy atom. The van der Waals surface area contributed by atoms with Crippen LogP contribution in [0.15, 0.2) is 53.6 Å². The van der Waals surface area contributed by atoms with Gasteiger partial charge >= 0.3 is 0 Å². The first-order valence-corrected chi connectivity index (χ1v) is 20.2. The monoisotopic (exact) mass is 719 g/mol. The van der Waals surface area contributed by atoms with Crippen LogP contribution >= 0.6 is 11.6 Å². The summed E-state index contributed by atoms with van der Waals surface area (Å²) in [5.74, 6) is 2.80. The number of ether oxygens (including phenoxy) is 2. The van der Waals surface area contributed by atoms with E-state index >= 15 is 0 Å². The molecule has 268 valence electrons. The number of halogens is 1. The summed E-state index contributed by atoms with van der Waals surface area (Å²) in [6.45, 7) is 11.3. The fourth-order valence-corrected chi connectivity index (χ4v) is 9.08. The van der Waals surface area contributed by atoms with Gasteiger partial charge in [0.15, 0.2) is 15.7 Å². The lowest BCUT2D eigenvalue weighted by Crippen LogP contribution is -2.62. The van der Waals surface area contributed by atoms with E-state index in [4.69, 9.17) is 21.1 Å². The van der Waals surface area contributed by atoms with Gasteiger partial charge in [0.05, 0.1) is 53.1 Å². The third kappa shape index (κ3) is 7.01. The molecule has 0 amide bonds. The second kappa shape index (κ2) is 14.4. The highest BCUT2D eigenvalue weighted by molar-refractivity contribution is 7.92. The van der Waals surface area contributed by atoms with Crippen molar-refractivity contribution in [3.8, 4) is 5.75 Å². The van der Waals surface area contributed by atoms with E-state index in [1.54, 1.807) is 38.1 Å². The zero-order chi connectivity index (χ0) is 35.2. The molecule has 4 aliphatic rings. The molecular weight excluding hydrogens is 670 g/mol. The molecule has 2 aromatic carbocycles. The molecule has 3 fully saturated rings. The normalized spacial score (nSPS) is 22.1. The van der Waals surface area contributed by atoms with Crippen LogP contribution in [0.1, 0.15) is 83.8 Å². The summed E-state index contributed by atoms with van der Waals surface area (Å²) in [6, 6.07) is 12.6. The molecule has 3 aromatic rings. The maximum atomic E-state index is 13.1. The summed E-state index contributed by atoms with van der Waals surface area (Å²) in [6.07, 6.45) is 13.0. The molecule has 0 unspecified atom stereocenters. The van der Waals surface area contributed by atoms with Crippen LogP contribution in [0.25, 0.3) is 5.57 Å². The second-order valence-corrected chi connectivity index (χ2v) is 17.9. The Morgan fingerprint density at radius 2 is 1.70 bits per heavy atom. The highest BCUT2D eigenvalue weighted by atomic mass is 35.5. The average Bonchev–Trinajstić information content (AvgIpc) is 2.98. The third-order valence-corrected chi connectivity index (χ3v) is 13.5. The van der Waals surface area contributed by atoms with E-state index in [-0.39, 0.29) is 16.0 Å². The highest BCUT2D eigenvalue weighted by Crippen LogP contribution is 2.48. The Morgan fingerprint density at radius 3 is 2.32 bits per heavy atom. The van der Waals surface area contributed by atoms with Crippen molar-refractivity contribution in [2.45, 2.75) is 114 Å². The van der Waals surface area contributed by atoms with E-state index in [0.717, 1.165) is 42.6 Å². The molecule has 2 saturated carbocycles. The molecule has 0 spiro atoms. The molecule has 2 N–H and O–H groups in total. The van der Waals surface area contributed by atoms with Gasteiger partial charge in [-0.2, -0.15) is 4.98 Å². The Kier molecular flexibility index (Phi) is 10.2. The average molecular weight is 720 g/mol. The molecular formula is C39H50ClN5O4S. The zero-order valence-electron chi connectivity index (χ0n) is 29.8. The van der Waals surface area contributed by atoms with Crippen LogP contribution in [0.3, 0.4) is 0 Å². The Labute approximate surface area is 302 Å². The molecule has 1 saturated heterocycles. The summed E-state index contributed by atoms with van der Waals surface area (Å²) in [5, 5.41) is 6.23. The quantitative estimate of drug-likeness (QED) is 0.190. The van der Waals surface area contributed by atoms with E-state index in [0.29, 0.717) is 41.5 Å².